The Morgan fingerprint density at radius 2 is 0.652 bits per heavy atom. The first-order valence-electron chi connectivity index (χ1n) is 11.8. The number of halogens is 14. The van der Waals surface area contributed by atoms with E-state index in [0.717, 1.165) is 13.8 Å². The molecule has 0 aromatic heterocycles. The summed E-state index contributed by atoms with van der Waals surface area (Å²) in [5, 5.41) is 0. The third kappa shape index (κ3) is 20.2. The van der Waals surface area contributed by atoms with Gasteiger partial charge in [0.05, 0.1) is 11.8 Å². The van der Waals surface area contributed by atoms with Crippen molar-refractivity contribution < 1.29 is 100 Å². The van der Waals surface area contributed by atoms with Crippen LogP contribution in [0.4, 0.5) is 52.7 Å². The third-order valence-electron chi connectivity index (χ3n) is 4.45. The molecule has 0 fully saturated rings. The Hall–Kier alpha value is -3.04. The SMILES string of the molecule is CC(=O)C[C@@H](C[C@@H](CCl)OC(=O)C(F)(F)F)OC(=O)C(F)(F)F.CC(=O)C[C@H](C[C@@H](CCl)OC(=O)C(F)(F)F)OC(=O)C(F)(F)F. The first-order valence-corrected chi connectivity index (χ1v) is 12.8. The first kappa shape index (κ1) is 45.1. The van der Waals surface area contributed by atoms with Crippen molar-refractivity contribution in [2.24, 2.45) is 0 Å². The second-order valence-corrected chi connectivity index (χ2v) is 9.31. The molecule has 0 spiro atoms. The lowest BCUT2D eigenvalue weighted by atomic mass is 10.1. The van der Waals surface area contributed by atoms with Gasteiger partial charge < -0.3 is 18.9 Å². The topological polar surface area (TPSA) is 139 Å². The molecule has 268 valence electrons. The summed E-state index contributed by atoms with van der Waals surface area (Å²) in [6, 6.07) is 0. The molecule has 0 aliphatic carbocycles. The van der Waals surface area contributed by atoms with Crippen molar-refractivity contribution in [2.45, 2.75) is 88.7 Å². The lowest BCUT2D eigenvalue weighted by Crippen LogP contribution is -2.36. The molecular formula is C22H22Cl2F12O10. The zero-order valence-corrected chi connectivity index (χ0v) is 24.4. The summed E-state index contributed by atoms with van der Waals surface area (Å²) in [7, 11) is 0. The second-order valence-electron chi connectivity index (χ2n) is 8.69. The summed E-state index contributed by atoms with van der Waals surface area (Å²) in [6.45, 7) is 1.93. The molecule has 0 amide bonds. The van der Waals surface area contributed by atoms with Crippen LogP contribution < -0.4 is 0 Å². The van der Waals surface area contributed by atoms with Gasteiger partial charge in [0.2, 0.25) is 0 Å². The minimum absolute atomic E-state index is 0.694. The Balaban J connectivity index is 0. The zero-order valence-electron chi connectivity index (χ0n) is 22.9. The maximum atomic E-state index is 12.1. The molecule has 4 atom stereocenters. The Morgan fingerprint density at radius 3 is 0.804 bits per heavy atom. The van der Waals surface area contributed by atoms with Gasteiger partial charge in [0.15, 0.2) is 0 Å². The molecule has 10 nitrogen and oxygen atoms in total. The molecule has 0 aliphatic rings. The monoisotopic (exact) mass is 744 g/mol. The molecule has 0 saturated heterocycles. The second kappa shape index (κ2) is 18.9. The van der Waals surface area contributed by atoms with Crippen molar-refractivity contribution >= 4 is 58.6 Å². The number of rotatable bonds is 14. The number of hydrogen-bond donors (Lipinski definition) is 0. The summed E-state index contributed by atoms with van der Waals surface area (Å²) in [4.78, 5) is 64.7. The zero-order chi connectivity index (χ0) is 36.8. The fourth-order valence-electron chi connectivity index (χ4n) is 2.73. The molecule has 24 heteroatoms. The number of carbonyl (C=O) groups is 6. The van der Waals surface area contributed by atoms with Gasteiger partial charge in [-0.25, -0.2) is 19.2 Å². The van der Waals surface area contributed by atoms with Crippen LogP contribution in [0.5, 0.6) is 0 Å². The van der Waals surface area contributed by atoms with Crippen LogP contribution in [0, 0.1) is 0 Å². The largest absolute Gasteiger partial charge is 0.490 e. The van der Waals surface area contributed by atoms with Crippen LogP contribution in [0.15, 0.2) is 0 Å². The van der Waals surface area contributed by atoms with Crippen molar-refractivity contribution in [3.8, 4) is 0 Å². The van der Waals surface area contributed by atoms with Crippen LogP contribution in [-0.2, 0) is 47.7 Å². The lowest BCUT2D eigenvalue weighted by molar-refractivity contribution is -0.211. The number of ketones is 2. The van der Waals surface area contributed by atoms with Gasteiger partial charge in [0, 0.05) is 25.7 Å². The van der Waals surface area contributed by atoms with E-state index < -0.39 is 122 Å². The fraction of sp³-hybridized carbons (Fsp3) is 0.727. The summed E-state index contributed by atoms with van der Waals surface area (Å²) in [5.74, 6) is -13.3. The van der Waals surface area contributed by atoms with Crippen LogP contribution in [-0.4, -0.2) is 96.3 Å². The molecule has 0 heterocycles. The molecule has 0 bridgehead atoms. The van der Waals surface area contributed by atoms with Gasteiger partial charge in [0.1, 0.15) is 36.0 Å². The van der Waals surface area contributed by atoms with Crippen molar-refractivity contribution in [3.63, 3.8) is 0 Å². The third-order valence-corrected chi connectivity index (χ3v) is 5.14. The average Bonchev–Trinajstić information content (AvgIpc) is 2.84. The molecular weight excluding hydrogens is 723 g/mol. The fourth-order valence-corrected chi connectivity index (χ4v) is 3.11. The number of Topliss-reactive ketones (excluding diaryl/α,β-unsaturated/α-hetero) is 2. The Kier molecular flexibility index (Phi) is 18.6. The summed E-state index contributed by atoms with van der Waals surface area (Å²) in [5.41, 5.74) is 0. The van der Waals surface area contributed by atoms with Crippen molar-refractivity contribution in [1.82, 2.24) is 0 Å². The number of alkyl halides is 14. The highest BCUT2D eigenvalue weighted by molar-refractivity contribution is 6.18. The van der Waals surface area contributed by atoms with Gasteiger partial charge in [-0.05, 0) is 13.8 Å². The summed E-state index contributed by atoms with van der Waals surface area (Å²) < 4.78 is 161. The predicted octanol–water partition coefficient (Wildman–Crippen LogP) is 5.09. The van der Waals surface area contributed by atoms with Gasteiger partial charge in [0.25, 0.3) is 0 Å². The van der Waals surface area contributed by atoms with Crippen molar-refractivity contribution in [2.75, 3.05) is 11.8 Å². The number of ether oxygens (including phenoxy) is 4. The van der Waals surface area contributed by atoms with Crippen molar-refractivity contribution in [3.05, 3.63) is 0 Å². The standard InChI is InChI=1S/2C11H11ClF6O5/c2*1-5(19)2-6(22-8(20)10(13,14)15)3-7(4-12)23-9(21)11(16,17)18/h2*6-7H,2-4H2,1H3/t6-,7+;6-,7-/m10/s1. The molecule has 0 radical (unpaired) electrons. The number of esters is 4. The van der Waals surface area contributed by atoms with Crippen LogP contribution in [0.2, 0.25) is 0 Å². The Bertz CT molecular complexity index is 976. The van der Waals surface area contributed by atoms with Gasteiger partial charge in [-0.3, -0.25) is 9.59 Å². The van der Waals surface area contributed by atoms with Gasteiger partial charge in [-0.2, -0.15) is 52.7 Å². The Labute approximate surface area is 259 Å². The van der Waals surface area contributed by atoms with Crippen LogP contribution in [0.25, 0.3) is 0 Å². The summed E-state index contributed by atoms with van der Waals surface area (Å²) in [6.07, 6.45) is -31.3. The van der Waals surface area contributed by atoms with Crippen LogP contribution in [0.1, 0.15) is 39.5 Å². The highest BCUT2D eigenvalue weighted by Gasteiger charge is 2.46. The van der Waals surface area contributed by atoms with E-state index in [4.69, 9.17) is 23.2 Å². The molecule has 0 aliphatic heterocycles. The maximum Gasteiger partial charge on any atom is 0.490 e. The van der Waals surface area contributed by atoms with E-state index in [1.165, 1.54) is 0 Å². The van der Waals surface area contributed by atoms with E-state index in [2.05, 4.69) is 18.9 Å². The van der Waals surface area contributed by atoms with Gasteiger partial charge in [-0.1, -0.05) is 0 Å². The van der Waals surface area contributed by atoms with E-state index >= 15 is 0 Å². The van der Waals surface area contributed by atoms with E-state index in [9.17, 15) is 81.5 Å². The Morgan fingerprint density at radius 1 is 0.457 bits per heavy atom. The van der Waals surface area contributed by atoms with Crippen LogP contribution >= 0.6 is 23.2 Å². The molecule has 0 aromatic carbocycles. The van der Waals surface area contributed by atoms with Crippen molar-refractivity contribution in [1.29, 1.82) is 0 Å². The van der Waals surface area contributed by atoms with Gasteiger partial charge in [-0.15, -0.1) is 23.2 Å². The average molecular weight is 745 g/mol. The molecule has 0 unspecified atom stereocenters. The molecule has 0 aromatic rings. The van der Waals surface area contributed by atoms with E-state index in [-0.39, 0.29) is 0 Å². The molecule has 46 heavy (non-hydrogen) atoms. The molecule has 0 saturated carbocycles. The quantitative estimate of drug-likeness (QED) is 0.102. The van der Waals surface area contributed by atoms with E-state index in [0.29, 0.717) is 0 Å². The lowest BCUT2D eigenvalue weighted by Gasteiger charge is -2.22. The van der Waals surface area contributed by atoms with Crippen LogP contribution in [0.3, 0.4) is 0 Å². The minimum Gasteiger partial charge on any atom is -0.455 e. The maximum absolute atomic E-state index is 12.1. The molecule has 0 rings (SSSR count). The number of hydrogen-bond acceptors (Lipinski definition) is 10. The first-order chi connectivity index (χ1) is 20.5. The highest BCUT2D eigenvalue weighted by Crippen LogP contribution is 2.25. The minimum atomic E-state index is -5.35. The van der Waals surface area contributed by atoms with E-state index in [1.54, 1.807) is 0 Å². The highest BCUT2D eigenvalue weighted by atomic mass is 35.5. The van der Waals surface area contributed by atoms with E-state index in [1.807, 2.05) is 0 Å². The summed E-state index contributed by atoms with van der Waals surface area (Å²) >= 11 is 10.6. The molecule has 0 N–H and O–H groups in total. The predicted molar refractivity (Wildman–Crippen MR) is 125 cm³/mol. The number of carbonyl (C=O) groups excluding carboxylic acids is 6. The smallest absolute Gasteiger partial charge is 0.455 e. The van der Waals surface area contributed by atoms with Gasteiger partial charge >= 0.3 is 48.6 Å². The normalized spacial score (nSPS) is 14.8.